The van der Waals surface area contributed by atoms with Crippen molar-refractivity contribution in [1.82, 2.24) is 0 Å². The Balaban J connectivity index is 1.73. The molecule has 0 aliphatic carbocycles. The van der Waals surface area contributed by atoms with Gasteiger partial charge in [0, 0.05) is 23.4 Å². The SMILES string of the molecule is CCCc1oc2cc(OC(=O)c3ccccc3)ccc2c1C(=O)c1cc(N)c(O)c(N)c1. The van der Waals surface area contributed by atoms with Gasteiger partial charge in [-0.15, -0.1) is 0 Å². The Kier molecular flexibility index (Phi) is 5.55. The summed E-state index contributed by atoms with van der Waals surface area (Å²) in [5.74, 6) is -0.238. The number of aryl methyl sites for hydroxylation is 1. The highest BCUT2D eigenvalue weighted by atomic mass is 16.5. The highest BCUT2D eigenvalue weighted by molar-refractivity contribution is 6.17. The summed E-state index contributed by atoms with van der Waals surface area (Å²) < 4.78 is 11.4. The summed E-state index contributed by atoms with van der Waals surface area (Å²) in [7, 11) is 0. The zero-order chi connectivity index (χ0) is 22.8. The van der Waals surface area contributed by atoms with Crippen LogP contribution in [0.5, 0.6) is 11.5 Å². The number of esters is 1. The molecule has 4 aromatic rings. The third-order valence-corrected chi connectivity index (χ3v) is 5.09. The minimum absolute atomic E-state index is 0.0216. The lowest BCUT2D eigenvalue weighted by atomic mass is 9.97. The lowest BCUT2D eigenvalue weighted by molar-refractivity contribution is 0.0734. The molecule has 3 aromatic carbocycles. The van der Waals surface area contributed by atoms with Gasteiger partial charge in [0.2, 0.25) is 0 Å². The average Bonchev–Trinajstić information content (AvgIpc) is 3.14. The smallest absolute Gasteiger partial charge is 0.343 e. The first-order chi connectivity index (χ1) is 15.4. The first kappa shape index (κ1) is 21.0. The van der Waals surface area contributed by atoms with Gasteiger partial charge in [0.1, 0.15) is 17.1 Å². The van der Waals surface area contributed by atoms with Gasteiger partial charge in [-0.1, -0.05) is 25.1 Å². The first-order valence-electron chi connectivity index (χ1n) is 10.1. The van der Waals surface area contributed by atoms with Crippen molar-refractivity contribution in [1.29, 1.82) is 0 Å². The van der Waals surface area contributed by atoms with Crippen molar-refractivity contribution in [3.05, 3.63) is 83.1 Å². The van der Waals surface area contributed by atoms with Gasteiger partial charge < -0.3 is 25.7 Å². The Hall–Kier alpha value is -4.26. The Morgan fingerprint density at radius 2 is 1.66 bits per heavy atom. The highest BCUT2D eigenvalue weighted by Gasteiger charge is 2.23. The quantitative estimate of drug-likeness (QED) is 0.133. The van der Waals surface area contributed by atoms with E-state index in [2.05, 4.69) is 0 Å². The van der Waals surface area contributed by atoms with Crippen molar-refractivity contribution < 1.29 is 23.8 Å². The zero-order valence-corrected chi connectivity index (χ0v) is 17.4. The number of furan rings is 1. The van der Waals surface area contributed by atoms with Crippen LogP contribution >= 0.6 is 0 Å². The predicted octanol–water partition coefficient (Wildman–Crippen LogP) is 4.71. The number of carbonyl (C=O) groups is 2. The lowest BCUT2D eigenvalue weighted by Gasteiger charge is -2.08. The average molecular weight is 430 g/mol. The molecule has 0 atom stereocenters. The van der Waals surface area contributed by atoms with Gasteiger partial charge in [0.25, 0.3) is 0 Å². The van der Waals surface area contributed by atoms with Crippen LogP contribution in [0.4, 0.5) is 11.4 Å². The highest BCUT2D eigenvalue weighted by Crippen LogP contribution is 2.35. The van der Waals surface area contributed by atoms with Gasteiger partial charge in [-0.2, -0.15) is 0 Å². The third-order valence-electron chi connectivity index (χ3n) is 5.09. The fourth-order valence-electron chi connectivity index (χ4n) is 3.54. The van der Waals surface area contributed by atoms with Crippen molar-refractivity contribution in [2.24, 2.45) is 0 Å². The fraction of sp³-hybridized carbons (Fsp3) is 0.120. The number of ketones is 1. The summed E-state index contributed by atoms with van der Waals surface area (Å²) in [5, 5.41) is 10.4. The van der Waals surface area contributed by atoms with Gasteiger partial charge in [-0.05, 0) is 42.8 Å². The molecule has 32 heavy (non-hydrogen) atoms. The van der Waals surface area contributed by atoms with Gasteiger partial charge in [0.15, 0.2) is 11.5 Å². The van der Waals surface area contributed by atoms with E-state index in [1.54, 1.807) is 42.5 Å². The maximum atomic E-state index is 13.3. The summed E-state index contributed by atoms with van der Waals surface area (Å²) in [6, 6.07) is 16.3. The second-order valence-electron chi connectivity index (χ2n) is 7.40. The van der Waals surface area contributed by atoms with E-state index in [1.807, 2.05) is 13.0 Å². The second-order valence-corrected chi connectivity index (χ2v) is 7.40. The van der Waals surface area contributed by atoms with Crippen LogP contribution in [-0.4, -0.2) is 16.9 Å². The van der Waals surface area contributed by atoms with Crippen LogP contribution in [-0.2, 0) is 6.42 Å². The third kappa shape index (κ3) is 3.88. The molecule has 0 aliphatic heterocycles. The molecule has 0 spiro atoms. The van der Waals surface area contributed by atoms with E-state index >= 15 is 0 Å². The molecule has 1 heterocycles. The van der Waals surface area contributed by atoms with Crippen LogP contribution in [0, 0.1) is 0 Å². The molecule has 162 valence electrons. The number of phenols is 1. The number of nitrogens with two attached hydrogens (primary N) is 2. The molecule has 0 aliphatic rings. The summed E-state index contributed by atoms with van der Waals surface area (Å²) in [4.78, 5) is 25.7. The number of rotatable bonds is 6. The van der Waals surface area contributed by atoms with Crippen molar-refractivity contribution in [2.75, 3.05) is 11.5 Å². The molecule has 0 saturated carbocycles. The fourth-order valence-corrected chi connectivity index (χ4v) is 3.54. The summed E-state index contributed by atoms with van der Waals surface area (Å²) >= 11 is 0. The topological polar surface area (TPSA) is 129 Å². The van der Waals surface area contributed by atoms with Crippen LogP contribution in [0.25, 0.3) is 11.0 Å². The summed E-state index contributed by atoms with van der Waals surface area (Å²) in [5.41, 5.74) is 13.1. The molecule has 0 radical (unpaired) electrons. The molecule has 0 saturated heterocycles. The monoisotopic (exact) mass is 430 g/mol. The van der Waals surface area contributed by atoms with Crippen LogP contribution < -0.4 is 16.2 Å². The Labute approximate surface area is 184 Å². The maximum absolute atomic E-state index is 13.3. The maximum Gasteiger partial charge on any atom is 0.343 e. The number of fused-ring (bicyclic) bond motifs is 1. The number of ether oxygens (including phenoxy) is 1. The number of benzene rings is 3. The molecule has 0 bridgehead atoms. The molecule has 0 fully saturated rings. The van der Waals surface area contributed by atoms with Gasteiger partial charge in [-0.25, -0.2) is 4.79 Å². The van der Waals surface area contributed by atoms with E-state index in [9.17, 15) is 14.7 Å². The first-order valence-corrected chi connectivity index (χ1v) is 10.1. The van der Waals surface area contributed by atoms with E-state index in [4.69, 9.17) is 20.6 Å². The van der Waals surface area contributed by atoms with Crippen LogP contribution in [0.1, 0.15) is 45.4 Å². The van der Waals surface area contributed by atoms with Crippen molar-refractivity contribution in [3.8, 4) is 11.5 Å². The minimum atomic E-state index is -0.489. The van der Waals surface area contributed by atoms with Gasteiger partial charge in [0.05, 0.1) is 22.5 Å². The lowest BCUT2D eigenvalue weighted by Crippen LogP contribution is -2.08. The molecular weight excluding hydrogens is 408 g/mol. The Bertz CT molecular complexity index is 1300. The number of hydrogen-bond donors (Lipinski definition) is 3. The van der Waals surface area contributed by atoms with E-state index in [1.165, 1.54) is 12.1 Å². The number of nitrogen functional groups attached to an aromatic ring is 2. The molecular formula is C25H22N2O5. The minimum Gasteiger partial charge on any atom is -0.504 e. The molecule has 7 heteroatoms. The number of aromatic hydroxyl groups is 1. The summed E-state index contributed by atoms with van der Waals surface area (Å²) in [6.07, 6.45) is 1.30. The molecule has 0 amide bonds. The molecule has 7 nitrogen and oxygen atoms in total. The number of carbonyl (C=O) groups excluding carboxylic acids is 2. The van der Waals surface area contributed by atoms with Crippen molar-refractivity contribution in [2.45, 2.75) is 19.8 Å². The second kappa shape index (κ2) is 8.47. The molecule has 5 N–H and O–H groups in total. The van der Waals surface area contributed by atoms with Crippen molar-refractivity contribution in [3.63, 3.8) is 0 Å². The normalized spacial score (nSPS) is 10.9. The number of phenolic OH excluding ortho intramolecular Hbond substituents is 1. The van der Waals surface area contributed by atoms with E-state index < -0.39 is 5.97 Å². The van der Waals surface area contributed by atoms with Gasteiger partial charge >= 0.3 is 5.97 Å². The van der Waals surface area contributed by atoms with E-state index in [0.29, 0.717) is 40.0 Å². The van der Waals surface area contributed by atoms with Crippen molar-refractivity contribution >= 4 is 34.1 Å². The van der Waals surface area contributed by atoms with Crippen LogP contribution in [0.15, 0.2) is 65.1 Å². The van der Waals surface area contributed by atoms with E-state index in [-0.39, 0.29) is 28.5 Å². The largest absolute Gasteiger partial charge is 0.504 e. The molecule has 1 aromatic heterocycles. The Morgan fingerprint density at radius 1 is 0.969 bits per heavy atom. The summed E-state index contributed by atoms with van der Waals surface area (Å²) in [6.45, 7) is 1.98. The van der Waals surface area contributed by atoms with Crippen LogP contribution in [0.3, 0.4) is 0 Å². The number of anilines is 2. The Morgan fingerprint density at radius 3 is 2.31 bits per heavy atom. The zero-order valence-electron chi connectivity index (χ0n) is 17.4. The van der Waals surface area contributed by atoms with E-state index in [0.717, 1.165) is 6.42 Å². The molecule has 4 rings (SSSR count). The standard InChI is InChI=1S/C25H22N2O5/c1-2-6-20-22(23(28)15-11-18(26)24(29)19(27)12-15)17-10-9-16(13-21(17)32-20)31-25(30)14-7-4-3-5-8-14/h3-5,7-13,29H,2,6,26-27H2,1H3. The van der Waals surface area contributed by atoms with Crippen LogP contribution in [0.2, 0.25) is 0 Å². The molecule has 0 unspecified atom stereocenters. The predicted molar refractivity (Wildman–Crippen MR) is 122 cm³/mol. The van der Waals surface area contributed by atoms with Gasteiger partial charge in [-0.3, -0.25) is 4.79 Å². The number of hydrogen-bond acceptors (Lipinski definition) is 7.